The van der Waals surface area contributed by atoms with Crippen molar-refractivity contribution in [3.63, 3.8) is 0 Å². The van der Waals surface area contributed by atoms with Crippen LogP contribution >= 0.6 is 23.2 Å². The molecular formula is C20H18Cl2O5. The van der Waals surface area contributed by atoms with Crippen LogP contribution in [-0.2, 0) is 5.60 Å². The topological polar surface area (TPSA) is 57.2 Å². The first-order valence-electron chi connectivity index (χ1n) is 8.70. The second-order valence-electron chi connectivity index (χ2n) is 7.39. The van der Waals surface area contributed by atoms with E-state index in [0.717, 1.165) is 0 Å². The van der Waals surface area contributed by atoms with Crippen LogP contribution < -0.4 is 18.9 Å². The average molecular weight is 409 g/mol. The summed E-state index contributed by atoms with van der Waals surface area (Å²) in [6.07, 6.45) is 0. The number of ether oxygens (including phenoxy) is 4. The van der Waals surface area contributed by atoms with Gasteiger partial charge in [-0.2, -0.15) is 0 Å². The zero-order valence-electron chi connectivity index (χ0n) is 14.8. The van der Waals surface area contributed by atoms with E-state index in [1.54, 1.807) is 24.3 Å². The second kappa shape index (κ2) is 5.37. The van der Waals surface area contributed by atoms with Gasteiger partial charge >= 0.3 is 0 Å². The molecule has 0 unspecified atom stereocenters. The van der Waals surface area contributed by atoms with Crippen LogP contribution in [-0.4, -0.2) is 23.0 Å². The summed E-state index contributed by atoms with van der Waals surface area (Å²) in [6.45, 7) is 4.14. The maximum atomic E-state index is 12.2. The molecule has 0 saturated heterocycles. The fraction of sp³-hybridized carbons (Fsp3) is 0.400. The van der Waals surface area contributed by atoms with Gasteiger partial charge in [0.1, 0.15) is 9.93 Å². The van der Waals surface area contributed by atoms with Gasteiger partial charge in [0, 0.05) is 11.3 Å². The minimum absolute atomic E-state index is 0.144. The van der Waals surface area contributed by atoms with E-state index in [4.69, 9.17) is 42.1 Å². The van der Waals surface area contributed by atoms with E-state index in [1.807, 2.05) is 26.0 Å². The van der Waals surface area contributed by atoms with Crippen molar-refractivity contribution in [1.29, 1.82) is 0 Å². The summed E-state index contributed by atoms with van der Waals surface area (Å²) in [6, 6.07) is 10.8. The molecule has 0 radical (unpaired) electrons. The summed E-state index contributed by atoms with van der Waals surface area (Å²) >= 11 is 13.2. The highest BCUT2D eigenvalue weighted by Crippen LogP contribution is 2.76. The van der Waals surface area contributed by atoms with Crippen LogP contribution in [0.2, 0.25) is 0 Å². The fourth-order valence-corrected chi connectivity index (χ4v) is 5.23. The Hall–Kier alpha value is -1.82. The molecule has 5 nitrogen and oxygen atoms in total. The summed E-state index contributed by atoms with van der Waals surface area (Å²) in [5.74, 6) is 2.30. The SMILES string of the molecule is C[C@@H]1C(Cl)(Cl)[C@]1(C)C(O)(c1ccc2c(c1)OCO2)c1ccc2c(c1)OCO2. The minimum atomic E-state index is -1.47. The molecule has 7 heteroatoms. The lowest BCUT2D eigenvalue weighted by Gasteiger charge is -2.37. The van der Waals surface area contributed by atoms with E-state index in [-0.39, 0.29) is 19.5 Å². The number of hydrogen-bond donors (Lipinski definition) is 1. The molecule has 5 rings (SSSR count). The van der Waals surface area contributed by atoms with Crippen molar-refractivity contribution in [2.24, 2.45) is 11.3 Å². The zero-order chi connectivity index (χ0) is 19.0. The van der Waals surface area contributed by atoms with Gasteiger partial charge in [0.2, 0.25) is 13.6 Å². The molecule has 3 aliphatic rings. The number of aliphatic hydroxyl groups is 1. The van der Waals surface area contributed by atoms with E-state index in [1.165, 1.54) is 0 Å². The van der Waals surface area contributed by atoms with Crippen molar-refractivity contribution in [1.82, 2.24) is 0 Å². The smallest absolute Gasteiger partial charge is 0.231 e. The molecule has 1 N–H and O–H groups in total. The van der Waals surface area contributed by atoms with E-state index in [0.29, 0.717) is 34.1 Å². The molecule has 0 amide bonds. The Morgan fingerprint density at radius 2 is 1.30 bits per heavy atom. The molecule has 2 aromatic rings. The zero-order valence-corrected chi connectivity index (χ0v) is 16.3. The van der Waals surface area contributed by atoms with Crippen LogP contribution in [0.25, 0.3) is 0 Å². The molecule has 1 saturated carbocycles. The summed E-state index contributed by atoms with van der Waals surface area (Å²) in [7, 11) is 0. The largest absolute Gasteiger partial charge is 0.454 e. The van der Waals surface area contributed by atoms with Crippen LogP contribution in [0.1, 0.15) is 25.0 Å². The van der Waals surface area contributed by atoms with Gasteiger partial charge in [0.25, 0.3) is 0 Å². The van der Waals surface area contributed by atoms with Crippen molar-refractivity contribution in [2.75, 3.05) is 13.6 Å². The van der Waals surface area contributed by atoms with E-state index in [2.05, 4.69) is 0 Å². The van der Waals surface area contributed by atoms with Crippen LogP contribution in [0.5, 0.6) is 23.0 Å². The molecule has 2 atom stereocenters. The van der Waals surface area contributed by atoms with Gasteiger partial charge in [-0.25, -0.2) is 0 Å². The van der Waals surface area contributed by atoms with E-state index >= 15 is 0 Å². The Bertz CT molecular complexity index is 886. The Kier molecular flexibility index (Phi) is 3.44. The highest BCUT2D eigenvalue weighted by molar-refractivity contribution is 6.52. The fourth-order valence-electron chi connectivity index (χ4n) is 4.30. The number of benzene rings is 2. The summed E-state index contributed by atoms with van der Waals surface area (Å²) in [5, 5.41) is 12.2. The normalized spacial score (nSPS) is 26.9. The Labute approximate surface area is 166 Å². The van der Waals surface area contributed by atoms with Gasteiger partial charge in [0.15, 0.2) is 23.0 Å². The lowest BCUT2D eigenvalue weighted by atomic mass is 9.73. The molecule has 27 heavy (non-hydrogen) atoms. The minimum Gasteiger partial charge on any atom is -0.454 e. The van der Waals surface area contributed by atoms with Crippen LogP contribution in [0.15, 0.2) is 36.4 Å². The molecule has 0 spiro atoms. The number of alkyl halides is 2. The van der Waals surface area contributed by atoms with Gasteiger partial charge in [-0.1, -0.05) is 26.0 Å². The highest BCUT2D eigenvalue weighted by atomic mass is 35.5. The average Bonchev–Trinajstić information content (AvgIpc) is 3.18. The third-order valence-electron chi connectivity index (χ3n) is 6.35. The van der Waals surface area contributed by atoms with Crippen molar-refractivity contribution < 1.29 is 24.1 Å². The summed E-state index contributed by atoms with van der Waals surface area (Å²) in [5.41, 5.74) is -1.05. The molecule has 0 aromatic heterocycles. The van der Waals surface area contributed by atoms with Crippen LogP contribution in [0.4, 0.5) is 0 Å². The third-order valence-corrected chi connectivity index (χ3v) is 7.79. The maximum Gasteiger partial charge on any atom is 0.231 e. The van der Waals surface area contributed by atoms with Crippen molar-refractivity contribution in [2.45, 2.75) is 23.8 Å². The van der Waals surface area contributed by atoms with Gasteiger partial charge in [-0.15, -0.1) is 23.2 Å². The third kappa shape index (κ3) is 2.05. The molecule has 2 aromatic carbocycles. The maximum absolute atomic E-state index is 12.2. The van der Waals surface area contributed by atoms with Gasteiger partial charge in [-0.3, -0.25) is 0 Å². The van der Waals surface area contributed by atoms with Crippen LogP contribution in [0, 0.1) is 11.3 Å². The number of rotatable bonds is 3. The van der Waals surface area contributed by atoms with E-state index < -0.39 is 15.3 Å². The summed E-state index contributed by atoms with van der Waals surface area (Å²) in [4.78, 5) is 0. The summed E-state index contributed by atoms with van der Waals surface area (Å²) < 4.78 is 20.7. The van der Waals surface area contributed by atoms with E-state index in [9.17, 15) is 5.11 Å². The molecular weight excluding hydrogens is 391 g/mol. The Morgan fingerprint density at radius 3 is 1.70 bits per heavy atom. The molecule has 0 bridgehead atoms. The second-order valence-corrected chi connectivity index (χ2v) is 8.78. The first kappa shape index (κ1) is 17.3. The van der Waals surface area contributed by atoms with Crippen LogP contribution in [0.3, 0.4) is 0 Å². The number of fused-ring (bicyclic) bond motifs is 2. The Balaban J connectivity index is 1.72. The molecule has 142 valence electrons. The number of halogens is 2. The monoisotopic (exact) mass is 408 g/mol. The lowest BCUT2D eigenvalue weighted by molar-refractivity contribution is 0.00127. The molecule has 2 heterocycles. The van der Waals surface area contributed by atoms with Gasteiger partial charge < -0.3 is 24.1 Å². The van der Waals surface area contributed by atoms with Gasteiger partial charge in [-0.05, 0) is 35.4 Å². The Morgan fingerprint density at radius 1 is 0.889 bits per heavy atom. The van der Waals surface area contributed by atoms with Crippen molar-refractivity contribution >= 4 is 23.2 Å². The molecule has 1 fully saturated rings. The quantitative estimate of drug-likeness (QED) is 0.770. The first-order valence-corrected chi connectivity index (χ1v) is 9.46. The van der Waals surface area contributed by atoms with Crippen molar-refractivity contribution in [3.05, 3.63) is 47.5 Å². The number of hydrogen-bond acceptors (Lipinski definition) is 5. The first-order chi connectivity index (χ1) is 12.8. The standard InChI is InChI=1S/C20H18Cl2O5/c1-11-18(2,20(11,21)22)19(23,12-3-5-14-16(7-12)26-9-24-14)13-4-6-15-17(8-13)27-10-25-15/h3-8,11,23H,9-10H2,1-2H3/t11-,18-/m0/s1. The molecule has 1 aliphatic carbocycles. The van der Waals surface area contributed by atoms with Crippen molar-refractivity contribution in [3.8, 4) is 23.0 Å². The molecule has 2 aliphatic heterocycles. The van der Waals surface area contributed by atoms with Gasteiger partial charge in [0.05, 0.1) is 0 Å². The predicted octanol–water partition coefficient (Wildman–Crippen LogP) is 4.21. The predicted molar refractivity (Wildman–Crippen MR) is 99.8 cm³/mol. The lowest BCUT2D eigenvalue weighted by Crippen LogP contribution is -2.40. The highest BCUT2D eigenvalue weighted by Gasteiger charge is 2.79.